The van der Waals surface area contributed by atoms with Gasteiger partial charge >= 0.3 is 5.69 Å². The summed E-state index contributed by atoms with van der Waals surface area (Å²) in [6, 6.07) is 10.1. The molecule has 1 aliphatic heterocycles. The molecule has 1 aromatic carbocycles. The molecule has 1 saturated heterocycles. The average molecular weight is 412 g/mol. The fourth-order valence-electron chi connectivity index (χ4n) is 4.29. The summed E-state index contributed by atoms with van der Waals surface area (Å²) in [6.45, 7) is 5.20. The lowest BCUT2D eigenvalue weighted by molar-refractivity contribution is -0.132. The fraction of sp³-hybridized carbons (Fsp3) is 0.500. The molecule has 1 aliphatic rings. The highest BCUT2D eigenvalue weighted by molar-refractivity contribution is 5.83. The molecule has 8 heteroatoms. The van der Waals surface area contributed by atoms with Gasteiger partial charge in [0.1, 0.15) is 12.4 Å². The number of rotatable bonds is 7. The maximum absolute atomic E-state index is 12.9. The Bertz CT molecular complexity index is 1070. The highest BCUT2D eigenvalue weighted by Gasteiger charge is 2.28. The Hall–Kier alpha value is -2.87. The van der Waals surface area contributed by atoms with Crippen molar-refractivity contribution in [3.05, 3.63) is 52.8 Å². The molecular formula is C22H29N5O3. The van der Waals surface area contributed by atoms with Crippen LogP contribution in [-0.4, -0.2) is 56.5 Å². The minimum Gasteiger partial charge on any atom is -0.383 e. The van der Waals surface area contributed by atoms with Crippen LogP contribution in [0.2, 0.25) is 0 Å². The number of ether oxygens (including phenoxy) is 1. The Morgan fingerprint density at radius 2 is 1.97 bits per heavy atom. The number of fused-ring (bicyclic) bond motifs is 1. The van der Waals surface area contributed by atoms with Gasteiger partial charge in [0.05, 0.1) is 13.2 Å². The number of aromatic nitrogens is 4. The molecular weight excluding hydrogens is 382 g/mol. The van der Waals surface area contributed by atoms with Gasteiger partial charge < -0.3 is 14.2 Å². The van der Waals surface area contributed by atoms with E-state index in [-0.39, 0.29) is 17.5 Å². The quantitative estimate of drug-likeness (QED) is 0.597. The molecule has 2 aromatic heterocycles. The molecule has 8 nitrogen and oxygen atoms in total. The molecule has 0 bridgehead atoms. The van der Waals surface area contributed by atoms with Crippen molar-refractivity contribution in [1.82, 2.24) is 23.8 Å². The van der Waals surface area contributed by atoms with E-state index in [2.05, 4.69) is 11.2 Å². The van der Waals surface area contributed by atoms with Gasteiger partial charge in [0, 0.05) is 44.4 Å². The van der Waals surface area contributed by atoms with Crippen LogP contribution in [0.5, 0.6) is 0 Å². The summed E-state index contributed by atoms with van der Waals surface area (Å²) in [5.74, 6) is 1.16. The number of piperidine rings is 1. The first-order chi connectivity index (χ1) is 14.6. The minimum atomic E-state index is -0.0810. The molecule has 1 amide bonds. The largest absolute Gasteiger partial charge is 0.383 e. The third-order valence-corrected chi connectivity index (χ3v) is 5.97. The van der Waals surface area contributed by atoms with Crippen LogP contribution in [0.1, 0.15) is 31.5 Å². The molecule has 0 aliphatic carbocycles. The molecule has 0 N–H and O–H groups in total. The third kappa shape index (κ3) is 3.92. The normalized spacial score (nSPS) is 15.2. The average Bonchev–Trinajstić information content (AvgIpc) is 3.33. The second-order valence-electron chi connectivity index (χ2n) is 7.76. The summed E-state index contributed by atoms with van der Waals surface area (Å²) in [7, 11) is 1.62. The number of hydrogen-bond donors (Lipinski definition) is 0. The summed E-state index contributed by atoms with van der Waals surface area (Å²) < 4.78 is 10.3. The van der Waals surface area contributed by atoms with Gasteiger partial charge in [-0.2, -0.15) is 5.10 Å². The summed E-state index contributed by atoms with van der Waals surface area (Å²) in [5, 5.41) is 5.73. The van der Waals surface area contributed by atoms with Crippen molar-refractivity contribution in [3.8, 4) is 0 Å². The number of benzene rings is 1. The molecule has 4 rings (SSSR count). The molecule has 0 unspecified atom stereocenters. The Morgan fingerprint density at radius 1 is 1.20 bits per heavy atom. The SMILES string of the molecule is CCn1c(C2CCN(C(=O)Cn3ccc4ccccc43)CC2)nn(CCOC)c1=O. The van der Waals surface area contributed by atoms with E-state index in [4.69, 9.17) is 4.74 Å². The predicted octanol–water partition coefficient (Wildman–Crippen LogP) is 2.07. The number of carbonyl (C=O) groups is 1. The van der Waals surface area contributed by atoms with E-state index in [1.165, 1.54) is 4.68 Å². The standard InChI is InChI=1S/C22H29N5O3/c1-3-26-21(23-27(22(26)29)14-15-30-2)18-9-11-24(12-10-18)20(28)16-25-13-8-17-6-4-5-7-19(17)25/h4-8,13,18H,3,9-12,14-16H2,1-2H3. The topological polar surface area (TPSA) is 74.3 Å². The Morgan fingerprint density at radius 3 is 2.70 bits per heavy atom. The number of para-hydroxylation sites is 1. The van der Waals surface area contributed by atoms with Gasteiger partial charge in [-0.05, 0) is 37.3 Å². The maximum Gasteiger partial charge on any atom is 0.345 e. The molecule has 160 valence electrons. The number of hydrogen-bond acceptors (Lipinski definition) is 4. The van der Waals surface area contributed by atoms with Crippen molar-refractivity contribution in [1.29, 1.82) is 0 Å². The van der Waals surface area contributed by atoms with E-state index in [0.29, 0.717) is 39.3 Å². The predicted molar refractivity (Wildman–Crippen MR) is 115 cm³/mol. The van der Waals surface area contributed by atoms with Crippen LogP contribution < -0.4 is 5.69 Å². The van der Waals surface area contributed by atoms with Crippen LogP contribution in [0.25, 0.3) is 10.9 Å². The molecule has 0 spiro atoms. The van der Waals surface area contributed by atoms with E-state index in [9.17, 15) is 9.59 Å². The zero-order chi connectivity index (χ0) is 21.1. The first-order valence-electron chi connectivity index (χ1n) is 10.6. The second-order valence-corrected chi connectivity index (χ2v) is 7.76. The van der Waals surface area contributed by atoms with E-state index in [1.54, 1.807) is 11.7 Å². The second kappa shape index (κ2) is 8.87. The zero-order valence-corrected chi connectivity index (χ0v) is 17.7. The Kier molecular flexibility index (Phi) is 6.03. The molecule has 0 radical (unpaired) electrons. The lowest BCUT2D eigenvalue weighted by atomic mass is 9.96. The molecule has 0 saturated carbocycles. The first kappa shape index (κ1) is 20.4. The number of amides is 1. The number of carbonyl (C=O) groups excluding carboxylic acids is 1. The van der Waals surface area contributed by atoms with E-state index >= 15 is 0 Å². The summed E-state index contributed by atoms with van der Waals surface area (Å²) >= 11 is 0. The van der Waals surface area contributed by atoms with E-state index in [1.807, 2.05) is 46.9 Å². The lowest BCUT2D eigenvalue weighted by Gasteiger charge is -2.31. The van der Waals surface area contributed by atoms with Crippen LogP contribution in [0.3, 0.4) is 0 Å². The van der Waals surface area contributed by atoms with Crippen molar-refractivity contribution in [2.75, 3.05) is 26.8 Å². The third-order valence-electron chi connectivity index (χ3n) is 5.97. The molecule has 3 heterocycles. The maximum atomic E-state index is 12.9. The Balaban J connectivity index is 1.41. The Labute approximate surface area is 175 Å². The van der Waals surface area contributed by atoms with Gasteiger partial charge in [-0.1, -0.05) is 18.2 Å². The smallest absolute Gasteiger partial charge is 0.345 e. The summed E-state index contributed by atoms with van der Waals surface area (Å²) in [4.78, 5) is 27.4. The van der Waals surface area contributed by atoms with Gasteiger partial charge in [-0.15, -0.1) is 0 Å². The fourth-order valence-corrected chi connectivity index (χ4v) is 4.29. The number of nitrogens with zero attached hydrogens (tertiary/aromatic N) is 5. The minimum absolute atomic E-state index is 0.0810. The van der Waals surface area contributed by atoms with Gasteiger partial charge in [0.2, 0.25) is 5.91 Å². The molecule has 0 atom stereocenters. The van der Waals surface area contributed by atoms with Crippen LogP contribution in [0.4, 0.5) is 0 Å². The summed E-state index contributed by atoms with van der Waals surface area (Å²) in [5.41, 5.74) is 0.997. The molecule has 3 aromatic rings. The van der Waals surface area contributed by atoms with Gasteiger partial charge in [0.15, 0.2) is 0 Å². The van der Waals surface area contributed by atoms with Gasteiger partial charge in [-0.25, -0.2) is 9.48 Å². The summed E-state index contributed by atoms with van der Waals surface area (Å²) in [6.07, 6.45) is 3.61. The zero-order valence-electron chi connectivity index (χ0n) is 17.7. The van der Waals surface area contributed by atoms with Crippen molar-refractivity contribution in [2.24, 2.45) is 0 Å². The van der Waals surface area contributed by atoms with Crippen LogP contribution in [0.15, 0.2) is 41.3 Å². The molecule has 30 heavy (non-hydrogen) atoms. The lowest BCUT2D eigenvalue weighted by Crippen LogP contribution is -2.40. The number of methoxy groups -OCH3 is 1. The van der Waals surface area contributed by atoms with Crippen LogP contribution in [-0.2, 0) is 29.2 Å². The van der Waals surface area contributed by atoms with Crippen molar-refractivity contribution < 1.29 is 9.53 Å². The molecule has 1 fully saturated rings. The van der Waals surface area contributed by atoms with Crippen molar-refractivity contribution in [3.63, 3.8) is 0 Å². The van der Waals surface area contributed by atoms with Gasteiger partial charge in [0.25, 0.3) is 0 Å². The van der Waals surface area contributed by atoms with E-state index < -0.39 is 0 Å². The first-order valence-corrected chi connectivity index (χ1v) is 10.6. The highest BCUT2D eigenvalue weighted by Crippen LogP contribution is 2.26. The van der Waals surface area contributed by atoms with Crippen molar-refractivity contribution in [2.45, 2.75) is 45.3 Å². The van der Waals surface area contributed by atoms with Gasteiger partial charge in [-0.3, -0.25) is 9.36 Å². The van der Waals surface area contributed by atoms with Crippen LogP contribution in [0, 0.1) is 0 Å². The highest BCUT2D eigenvalue weighted by atomic mass is 16.5. The van der Waals surface area contributed by atoms with Crippen LogP contribution >= 0.6 is 0 Å². The van der Waals surface area contributed by atoms with E-state index in [0.717, 1.165) is 29.6 Å². The number of likely N-dealkylation sites (tertiary alicyclic amines) is 1. The van der Waals surface area contributed by atoms with Crippen molar-refractivity contribution >= 4 is 16.8 Å². The monoisotopic (exact) mass is 411 g/mol.